The molecule has 6 heteroatoms. The third-order valence-corrected chi connectivity index (χ3v) is 5.63. The normalized spacial score (nSPS) is 26.6. The standard InChI is InChI=1S/C19H28ClN3O2/c1-14-12-23(13-15(2)25-14)19(24)16(3)21-8-10-22(11-9-21)18-7-5-4-6-17(18)20/h4-7,14-16H,8-13H2,1-3H3/p+1/t14-,15+,16-/m1/s1. The molecule has 2 aliphatic heterocycles. The van der Waals surface area contributed by atoms with Crippen molar-refractivity contribution >= 4 is 23.2 Å². The third kappa shape index (κ3) is 4.27. The van der Waals surface area contributed by atoms with Crippen LogP contribution in [0.15, 0.2) is 24.3 Å². The average Bonchev–Trinajstić information content (AvgIpc) is 2.60. The minimum atomic E-state index is -0.00843. The van der Waals surface area contributed by atoms with Crippen molar-refractivity contribution in [2.24, 2.45) is 0 Å². The Morgan fingerprint density at radius 3 is 2.40 bits per heavy atom. The molecule has 0 unspecified atom stereocenters. The predicted octanol–water partition coefficient (Wildman–Crippen LogP) is 1.07. The van der Waals surface area contributed by atoms with Gasteiger partial charge in [0.2, 0.25) is 0 Å². The Labute approximate surface area is 155 Å². The maximum absolute atomic E-state index is 12.9. The maximum Gasteiger partial charge on any atom is 0.280 e. The monoisotopic (exact) mass is 366 g/mol. The molecule has 1 aromatic rings. The number of halogens is 1. The lowest BCUT2D eigenvalue weighted by atomic mass is 10.1. The molecule has 0 spiro atoms. The Hall–Kier alpha value is -1.30. The summed E-state index contributed by atoms with van der Waals surface area (Å²) in [7, 11) is 0. The predicted molar refractivity (Wildman–Crippen MR) is 100 cm³/mol. The van der Waals surface area contributed by atoms with Gasteiger partial charge in [0.05, 0.1) is 49.1 Å². The van der Waals surface area contributed by atoms with E-state index in [9.17, 15) is 4.79 Å². The Bertz CT molecular complexity index is 594. The molecule has 2 aliphatic rings. The van der Waals surface area contributed by atoms with E-state index in [0.717, 1.165) is 36.9 Å². The average molecular weight is 367 g/mol. The number of ether oxygens (including phenoxy) is 1. The van der Waals surface area contributed by atoms with Crippen LogP contribution in [0.2, 0.25) is 5.02 Å². The van der Waals surface area contributed by atoms with Crippen LogP contribution in [0.3, 0.4) is 0 Å². The Morgan fingerprint density at radius 2 is 1.80 bits per heavy atom. The number of benzene rings is 1. The van der Waals surface area contributed by atoms with Crippen molar-refractivity contribution in [1.29, 1.82) is 0 Å². The van der Waals surface area contributed by atoms with Crippen LogP contribution in [0.5, 0.6) is 0 Å². The molecule has 0 bridgehead atoms. The largest absolute Gasteiger partial charge is 0.372 e. The number of piperazine rings is 1. The fourth-order valence-electron chi connectivity index (χ4n) is 3.98. The highest BCUT2D eigenvalue weighted by Gasteiger charge is 2.35. The van der Waals surface area contributed by atoms with Gasteiger partial charge in [0.1, 0.15) is 0 Å². The molecule has 2 fully saturated rings. The number of hydrogen-bond donors (Lipinski definition) is 1. The zero-order valence-corrected chi connectivity index (χ0v) is 16.1. The molecule has 0 aliphatic carbocycles. The highest BCUT2D eigenvalue weighted by atomic mass is 35.5. The van der Waals surface area contributed by atoms with Crippen molar-refractivity contribution in [3.63, 3.8) is 0 Å². The number of quaternary nitrogens is 1. The topological polar surface area (TPSA) is 37.2 Å². The van der Waals surface area contributed by atoms with E-state index in [1.165, 1.54) is 4.90 Å². The highest BCUT2D eigenvalue weighted by Crippen LogP contribution is 2.24. The minimum Gasteiger partial charge on any atom is -0.372 e. The number of anilines is 1. The summed E-state index contributed by atoms with van der Waals surface area (Å²) < 4.78 is 5.75. The Balaban J connectivity index is 1.57. The van der Waals surface area contributed by atoms with Crippen molar-refractivity contribution in [3.05, 3.63) is 29.3 Å². The number of morpholine rings is 1. The van der Waals surface area contributed by atoms with Crippen LogP contribution in [0.4, 0.5) is 5.69 Å². The molecule has 25 heavy (non-hydrogen) atoms. The van der Waals surface area contributed by atoms with E-state index in [4.69, 9.17) is 16.3 Å². The van der Waals surface area contributed by atoms with Gasteiger partial charge in [-0.05, 0) is 32.9 Å². The molecule has 0 saturated carbocycles. The van der Waals surface area contributed by atoms with Crippen LogP contribution in [0, 0.1) is 0 Å². The van der Waals surface area contributed by atoms with E-state index < -0.39 is 0 Å². The van der Waals surface area contributed by atoms with Crippen molar-refractivity contribution in [1.82, 2.24) is 4.90 Å². The molecule has 0 radical (unpaired) electrons. The second kappa shape index (κ2) is 7.94. The highest BCUT2D eigenvalue weighted by molar-refractivity contribution is 6.33. The number of nitrogens with one attached hydrogen (secondary N) is 1. The molecule has 1 N–H and O–H groups in total. The van der Waals surface area contributed by atoms with E-state index in [0.29, 0.717) is 13.1 Å². The molecule has 3 rings (SSSR count). The molecule has 2 heterocycles. The van der Waals surface area contributed by atoms with E-state index in [1.54, 1.807) is 0 Å². The molecule has 2 saturated heterocycles. The molecule has 0 aromatic heterocycles. The smallest absolute Gasteiger partial charge is 0.280 e. The summed E-state index contributed by atoms with van der Waals surface area (Å²) >= 11 is 6.31. The molecular weight excluding hydrogens is 338 g/mol. The molecule has 3 atom stereocenters. The number of rotatable bonds is 3. The van der Waals surface area contributed by atoms with E-state index >= 15 is 0 Å². The lowest BCUT2D eigenvalue weighted by molar-refractivity contribution is -0.915. The van der Waals surface area contributed by atoms with E-state index in [1.807, 2.05) is 36.9 Å². The summed E-state index contributed by atoms with van der Waals surface area (Å²) in [4.78, 5) is 18.6. The maximum atomic E-state index is 12.9. The van der Waals surface area contributed by atoms with Gasteiger partial charge in [-0.3, -0.25) is 4.79 Å². The van der Waals surface area contributed by atoms with Gasteiger partial charge in [-0.1, -0.05) is 23.7 Å². The number of para-hydroxylation sites is 1. The van der Waals surface area contributed by atoms with Gasteiger partial charge < -0.3 is 19.4 Å². The molecule has 138 valence electrons. The summed E-state index contributed by atoms with van der Waals surface area (Å²) in [5, 5.41) is 0.798. The number of nitrogens with zero attached hydrogens (tertiary/aromatic N) is 2. The van der Waals surface area contributed by atoms with E-state index in [2.05, 4.69) is 17.9 Å². The summed E-state index contributed by atoms with van der Waals surface area (Å²) in [5.74, 6) is 0.253. The molecule has 5 nitrogen and oxygen atoms in total. The first kappa shape index (κ1) is 18.5. The SMILES string of the molecule is C[C@@H]1CN(C(=O)[C@@H](C)[NH+]2CCN(c3ccccc3Cl)CC2)C[C@H](C)O1. The Kier molecular flexibility index (Phi) is 5.87. The van der Waals surface area contributed by atoms with Gasteiger partial charge in [0, 0.05) is 13.1 Å². The lowest BCUT2D eigenvalue weighted by Gasteiger charge is -2.40. The van der Waals surface area contributed by atoms with Crippen LogP contribution in [0.1, 0.15) is 20.8 Å². The summed E-state index contributed by atoms with van der Waals surface area (Å²) in [5.41, 5.74) is 1.10. The molecule has 1 amide bonds. The van der Waals surface area contributed by atoms with Gasteiger partial charge in [0.15, 0.2) is 6.04 Å². The van der Waals surface area contributed by atoms with Crippen molar-refractivity contribution in [3.8, 4) is 0 Å². The fraction of sp³-hybridized carbons (Fsp3) is 0.632. The molecular formula is C19H29ClN3O2+. The summed E-state index contributed by atoms with van der Waals surface area (Å²) in [6.07, 6.45) is 0.235. The second-order valence-corrected chi connectivity index (χ2v) is 7.73. The van der Waals surface area contributed by atoms with Crippen LogP contribution >= 0.6 is 11.6 Å². The van der Waals surface area contributed by atoms with Gasteiger partial charge in [-0.2, -0.15) is 0 Å². The zero-order valence-electron chi connectivity index (χ0n) is 15.4. The summed E-state index contributed by atoms with van der Waals surface area (Å²) in [6.45, 7) is 11.3. The van der Waals surface area contributed by atoms with Crippen molar-refractivity contribution in [2.75, 3.05) is 44.2 Å². The Morgan fingerprint density at radius 1 is 1.20 bits per heavy atom. The first-order valence-electron chi connectivity index (χ1n) is 9.24. The first-order valence-corrected chi connectivity index (χ1v) is 9.61. The van der Waals surface area contributed by atoms with Crippen LogP contribution in [-0.4, -0.2) is 68.3 Å². The number of carbonyl (C=O) groups is 1. The van der Waals surface area contributed by atoms with Gasteiger partial charge >= 0.3 is 0 Å². The summed E-state index contributed by atoms with van der Waals surface area (Å²) in [6, 6.07) is 7.97. The second-order valence-electron chi connectivity index (χ2n) is 7.32. The first-order chi connectivity index (χ1) is 12.0. The van der Waals surface area contributed by atoms with Crippen molar-refractivity contribution in [2.45, 2.75) is 39.0 Å². The lowest BCUT2D eigenvalue weighted by Crippen LogP contribution is -3.19. The number of amides is 1. The van der Waals surface area contributed by atoms with Crippen LogP contribution in [-0.2, 0) is 9.53 Å². The van der Waals surface area contributed by atoms with Gasteiger partial charge in [-0.25, -0.2) is 0 Å². The van der Waals surface area contributed by atoms with Crippen LogP contribution in [0.25, 0.3) is 0 Å². The number of carbonyl (C=O) groups excluding carboxylic acids is 1. The van der Waals surface area contributed by atoms with Gasteiger partial charge in [0.25, 0.3) is 5.91 Å². The van der Waals surface area contributed by atoms with E-state index in [-0.39, 0.29) is 24.2 Å². The van der Waals surface area contributed by atoms with Crippen LogP contribution < -0.4 is 9.80 Å². The fourth-order valence-corrected chi connectivity index (χ4v) is 4.24. The minimum absolute atomic E-state index is 0.00843. The third-order valence-electron chi connectivity index (χ3n) is 5.31. The number of hydrogen-bond acceptors (Lipinski definition) is 3. The zero-order chi connectivity index (χ0) is 18.0. The molecule has 1 aromatic carbocycles. The van der Waals surface area contributed by atoms with Gasteiger partial charge in [-0.15, -0.1) is 0 Å². The quantitative estimate of drug-likeness (QED) is 0.869. The van der Waals surface area contributed by atoms with Crippen molar-refractivity contribution < 1.29 is 14.4 Å².